The molecular weight excluding hydrogens is 612 g/mol. The van der Waals surface area contributed by atoms with Gasteiger partial charge in [0.25, 0.3) is 0 Å². The van der Waals surface area contributed by atoms with E-state index in [1.165, 1.54) is 37.5 Å². The number of methoxy groups -OCH3 is 1. The molecule has 1 aromatic heterocycles. The van der Waals surface area contributed by atoms with E-state index in [0.29, 0.717) is 5.56 Å². The fraction of sp³-hybridized carbons (Fsp3) is 0.226. The van der Waals surface area contributed by atoms with Crippen LogP contribution < -0.4 is 14.9 Å². The Labute approximate surface area is 258 Å². The highest BCUT2D eigenvalue weighted by Crippen LogP contribution is 2.38. The summed E-state index contributed by atoms with van der Waals surface area (Å²) in [5.74, 6) is -4.00. The molecule has 0 aliphatic carbocycles. The standard InChI is InChI=1S/C31H28O15/c1-42-20-8-13(2-5-17(20)33)3-7-23(36)43-12-22-25(37)27(39)29(41)31(46-22)44-15-10-19(35)24-21(11-15)45-30(28(40)26(24)38)14-4-6-16(32)18(34)9-14/h2-11,22,25,27,29,31-35,37,39-41H,12H2,1H3/t22-,25-,27+,29-,31-/m1/s1. The molecule has 1 saturated heterocycles. The summed E-state index contributed by atoms with van der Waals surface area (Å²) in [4.78, 5) is 25.2. The van der Waals surface area contributed by atoms with Crippen LogP contribution in [-0.4, -0.2) is 91.2 Å². The number of aromatic hydroxyl groups is 5. The lowest BCUT2D eigenvalue weighted by Crippen LogP contribution is -2.60. The minimum atomic E-state index is -1.83. The van der Waals surface area contributed by atoms with Gasteiger partial charge in [-0.1, -0.05) is 6.07 Å². The number of phenolic OH excluding ortho intramolecular Hbond substituents is 4. The van der Waals surface area contributed by atoms with Crippen LogP contribution in [0, 0.1) is 0 Å². The molecule has 1 fully saturated rings. The Morgan fingerprint density at radius 1 is 0.870 bits per heavy atom. The molecule has 15 nitrogen and oxygen atoms in total. The molecule has 8 N–H and O–H groups in total. The maximum absolute atomic E-state index is 12.9. The molecule has 0 radical (unpaired) electrons. The minimum absolute atomic E-state index is 0.00998. The summed E-state index contributed by atoms with van der Waals surface area (Å²) in [6.45, 7) is -0.577. The van der Waals surface area contributed by atoms with Crippen molar-refractivity contribution in [3.63, 3.8) is 0 Å². The lowest BCUT2D eigenvalue weighted by molar-refractivity contribution is -0.278. The normalized spacial score (nSPS) is 21.3. The van der Waals surface area contributed by atoms with E-state index in [0.717, 1.165) is 30.3 Å². The van der Waals surface area contributed by atoms with Crippen molar-refractivity contribution in [3.8, 4) is 51.6 Å². The smallest absolute Gasteiger partial charge is 0.330 e. The van der Waals surface area contributed by atoms with Crippen molar-refractivity contribution in [2.75, 3.05) is 13.7 Å². The van der Waals surface area contributed by atoms with E-state index in [1.807, 2.05) is 0 Å². The maximum atomic E-state index is 12.9. The Morgan fingerprint density at radius 3 is 2.33 bits per heavy atom. The number of fused-ring (bicyclic) bond motifs is 1. The van der Waals surface area contributed by atoms with Crippen molar-refractivity contribution in [2.24, 2.45) is 0 Å². The van der Waals surface area contributed by atoms with Crippen LogP contribution in [0.2, 0.25) is 0 Å². The first-order chi connectivity index (χ1) is 21.9. The van der Waals surface area contributed by atoms with Crippen LogP contribution in [0.5, 0.6) is 40.2 Å². The highest BCUT2D eigenvalue weighted by molar-refractivity contribution is 5.88. The Kier molecular flexibility index (Phi) is 8.93. The number of carbonyl (C=O) groups excluding carboxylic acids is 1. The monoisotopic (exact) mass is 640 g/mol. The number of phenols is 4. The zero-order chi connectivity index (χ0) is 33.3. The zero-order valence-corrected chi connectivity index (χ0v) is 23.8. The molecule has 2 heterocycles. The number of aliphatic hydroxyl groups is 3. The van der Waals surface area contributed by atoms with Crippen molar-refractivity contribution in [1.82, 2.24) is 0 Å². The average molecular weight is 641 g/mol. The van der Waals surface area contributed by atoms with Crippen molar-refractivity contribution in [3.05, 3.63) is 70.4 Å². The highest BCUT2D eigenvalue weighted by Gasteiger charge is 2.45. The molecule has 46 heavy (non-hydrogen) atoms. The first kappa shape index (κ1) is 31.9. The number of ether oxygens (including phenoxy) is 4. The Balaban J connectivity index is 1.33. The minimum Gasteiger partial charge on any atom is -0.507 e. The molecule has 242 valence electrons. The first-order valence-electron chi connectivity index (χ1n) is 13.5. The second-order valence-corrected chi connectivity index (χ2v) is 10.2. The van der Waals surface area contributed by atoms with Crippen LogP contribution in [0.25, 0.3) is 28.4 Å². The van der Waals surface area contributed by atoms with Gasteiger partial charge in [-0.2, -0.15) is 0 Å². The van der Waals surface area contributed by atoms with Crippen LogP contribution in [0.4, 0.5) is 0 Å². The second-order valence-electron chi connectivity index (χ2n) is 10.2. The van der Waals surface area contributed by atoms with Crippen LogP contribution >= 0.6 is 0 Å². The third-order valence-corrected chi connectivity index (χ3v) is 7.09. The molecule has 3 aromatic carbocycles. The molecule has 5 atom stereocenters. The van der Waals surface area contributed by atoms with E-state index >= 15 is 0 Å². The Hall–Kier alpha value is -5.48. The number of carbonyl (C=O) groups is 1. The van der Waals surface area contributed by atoms with Gasteiger partial charge >= 0.3 is 5.97 Å². The zero-order valence-electron chi connectivity index (χ0n) is 23.8. The van der Waals surface area contributed by atoms with Gasteiger partial charge in [-0.25, -0.2) is 4.79 Å². The molecule has 5 rings (SSSR count). The van der Waals surface area contributed by atoms with Gasteiger partial charge in [-0.15, -0.1) is 0 Å². The van der Waals surface area contributed by atoms with Gasteiger partial charge in [0.2, 0.25) is 17.5 Å². The number of aliphatic hydroxyl groups excluding tert-OH is 3. The predicted molar refractivity (Wildman–Crippen MR) is 157 cm³/mol. The van der Waals surface area contributed by atoms with Gasteiger partial charge in [-0.3, -0.25) is 4.79 Å². The summed E-state index contributed by atoms with van der Waals surface area (Å²) in [6, 6.07) is 9.83. The average Bonchev–Trinajstić information content (AvgIpc) is 3.03. The number of esters is 1. The number of rotatable bonds is 8. The van der Waals surface area contributed by atoms with Crippen LogP contribution in [-0.2, 0) is 14.3 Å². The Morgan fingerprint density at radius 2 is 1.61 bits per heavy atom. The van der Waals surface area contributed by atoms with Gasteiger partial charge in [0.15, 0.2) is 28.8 Å². The summed E-state index contributed by atoms with van der Waals surface area (Å²) < 4.78 is 26.9. The van der Waals surface area contributed by atoms with Crippen LogP contribution in [0.15, 0.2) is 63.8 Å². The van der Waals surface area contributed by atoms with Crippen LogP contribution in [0.1, 0.15) is 5.56 Å². The Bertz CT molecular complexity index is 1860. The van der Waals surface area contributed by atoms with Gasteiger partial charge < -0.3 is 64.2 Å². The topological polar surface area (TPSA) is 246 Å². The third-order valence-electron chi connectivity index (χ3n) is 7.09. The van der Waals surface area contributed by atoms with E-state index in [9.17, 15) is 50.4 Å². The van der Waals surface area contributed by atoms with Gasteiger partial charge in [0.1, 0.15) is 53.5 Å². The van der Waals surface area contributed by atoms with Gasteiger partial charge in [0, 0.05) is 23.8 Å². The second kappa shape index (κ2) is 12.9. The summed E-state index contributed by atoms with van der Waals surface area (Å²) in [5, 5.41) is 81.1. The van der Waals surface area contributed by atoms with E-state index < -0.39 is 82.9 Å². The van der Waals surface area contributed by atoms with Crippen molar-refractivity contribution in [2.45, 2.75) is 30.7 Å². The summed E-state index contributed by atoms with van der Waals surface area (Å²) in [7, 11) is 1.36. The summed E-state index contributed by atoms with van der Waals surface area (Å²) in [6.07, 6.45) is -5.97. The van der Waals surface area contributed by atoms with Gasteiger partial charge in [-0.05, 0) is 42.0 Å². The molecule has 0 saturated carbocycles. The van der Waals surface area contributed by atoms with E-state index in [2.05, 4.69) is 0 Å². The molecule has 0 spiro atoms. The number of hydrogen-bond donors (Lipinski definition) is 8. The SMILES string of the molecule is COc1cc(C=CC(=O)OC[C@H]2O[C@@H](Oc3cc(O)c4c(=O)c(O)c(-c5ccc(O)c(O)c5)oc4c3)[C@H](O)[C@@H](O)[C@@H]2O)ccc1O. The number of benzene rings is 3. The highest BCUT2D eigenvalue weighted by atomic mass is 16.7. The lowest BCUT2D eigenvalue weighted by atomic mass is 9.99. The van der Waals surface area contributed by atoms with Crippen molar-refractivity contribution in [1.29, 1.82) is 0 Å². The fourth-order valence-electron chi connectivity index (χ4n) is 4.65. The van der Waals surface area contributed by atoms with Gasteiger partial charge in [0.05, 0.1) is 7.11 Å². The molecular formula is C31H28O15. The van der Waals surface area contributed by atoms with E-state index in [-0.39, 0.29) is 28.4 Å². The molecule has 0 amide bonds. The lowest BCUT2D eigenvalue weighted by Gasteiger charge is -2.39. The van der Waals surface area contributed by atoms with Crippen molar-refractivity contribution < 1.29 is 69.0 Å². The quantitative estimate of drug-likeness (QED) is 0.0771. The first-order valence-corrected chi connectivity index (χ1v) is 13.5. The molecule has 1 aliphatic rings. The third kappa shape index (κ3) is 6.33. The van der Waals surface area contributed by atoms with Crippen molar-refractivity contribution >= 4 is 23.0 Å². The van der Waals surface area contributed by atoms with Crippen LogP contribution in [0.3, 0.4) is 0 Å². The van der Waals surface area contributed by atoms with E-state index in [4.69, 9.17) is 23.4 Å². The van der Waals surface area contributed by atoms with E-state index in [1.54, 1.807) is 0 Å². The molecule has 15 heteroatoms. The molecule has 0 unspecified atom stereocenters. The molecule has 1 aliphatic heterocycles. The fourth-order valence-corrected chi connectivity index (χ4v) is 4.65. The molecule has 0 bridgehead atoms. The largest absolute Gasteiger partial charge is 0.507 e. The summed E-state index contributed by atoms with van der Waals surface area (Å²) >= 11 is 0. The number of hydrogen-bond acceptors (Lipinski definition) is 15. The summed E-state index contributed by atoms with van der Waals surface area (Å²) in [5.41, 5.74) is -0.808. The molecule has 4 aromatic rings. The predicted octanol–water partition coefficient (Wildman–Crippen LogP) is 1.44. The maximum Gasteiger partial charge on any atom is 0.330 e.